The second-order valence-electron chi connectivity index (χ2n) is 5.64. The number of rotatable bonds is 6. The van der Waals surface area contributed by atoms with Gasteiger partial charge in [-0.05, 0) is 39.2 Å². The van der Waals surface area contributed by atoms with E-state index >= 15 is 0 Å². The van der Waals surface area contributed by atoms with E-state index in [4.69, 9.17) is 4.74 Å². The van der Waals surface area contributed by atoms with Gasteiger partial charge in [-0.2, -0.15) is 0 Å². The largest absolute Gasteiger partial charge is 0.460 e. The van der Waals surface area contributed by atoms with Crippen LogP contribution in [0.5, 0.6) is 0 Å². The number of ketones is 1. The summed E-state index contributed by atoms with van der Waals surface area (Å²) in [5, 5.41) is 0. The zero-order chi connectivity index (χ0) is 14.3. The number of hydrogen-bond acceptors (Lipinski definition) is 3. The van der Waals surface area contributed by atoms with Crippen LogP contribution >= 0.6 is 0 Å². The molecule has 3 heteroatoms. The Morgan fingerprint density at radius 1 is 1.11 bits per heavy atom. The Morgan fingerprint density at radius 2 is 1.74 bits per heavy atom. The molecule has 0 aliphatic heterocycles. The van der Waals surface area contributed by atoms with E-state index < -0.39 is 11.6 Å². The number of Topliss-reactive ketones (excluding diaryl/α,β-unsaturated/α-hetero) is 1. The van der Waals surface area contributed by atoms with Gasteiger partial charge in [-0.3, -0.25) is 9.59 Å². The zero-order valence-electron chi connectivity index (χ0n) is 11.9. The summed E-state index contributed by atoms with van der Waals surface area (Å²) in [6.45, 7) is 5.39. The highest BCUT2D eigenvalue weighted by Gasteiger charge is 2.18. The van der Waals surface area contributed by atoms with Crippen LogP contribution in [0.1, 0.15) is 45.6 Å². The minimum Gasteiger partial charge on any atom is -0.460 e. The summed E-state index contributed by atoms with van der Waals surface area (Å²) in [4.78, 5) is 23.1. The van der Waals surface area contributed by atoms with Gasteiger partial charge >= 0.3 is 5.97 Å². The van der Waals surface area contributed by atoms with E-state index in [9.17, 15) is 9.59 Å². The molecule has 3 nitrogen and oxygen atoms in total. The van der Waals surface area contributed by atoms with E-state index in [1.54, 1.807) is 20.8 Å². The molecule has 0 saturated carbocycles. The molecule has 0 atom stereocenters. The van der Waals surface area contributed by atoms with E-state index in [-0.39, 0.29) is 12.2 Å². The van der Waals surface area contributed by atoms with Crippen LogP contribution in [0, 0.1) is 0 Å². The van der Waals surface area contributed by atoms with Crippen molar-refractivity contribution in [1.82, 2.24) is 0 Å². The van der Waals surface area contributed by atoms with Crippen molar-refractivity contribution in [2.45, 2.75) is 52.1 Å². The van der Waals surface area contributed by atoms with Crippen molar-refractivity contribution in [2.24, 2.45) is 0 Å². The van der Waals surface area contributed by atoms with E-state index in [1.165, 1.54) is 5.56 Å². The van der Waals surface area contributed by atoms with E-state index in [0.29, 0.717) is 6.42 Å². The van der Waals surface area contributed by atoms with Crippen molar-refractivity contribution < 1.29 is 14.3 Å². The summed E-state index contributed by atoms with van der Waals surface area (Å²) in [5.41, 5.74) is 0.689. The van der Waals surface area contributed by atoms with Crippen molar-refractivity contribution in [3.05, 3.63) is 35.9 Å². The van der Waals surface area contributed by atoms with Crippen molar-refractivity contribution in [3.8, 4) is 0 Å². The molecular formula is C16H22O3. The maximum atomic E-state index is 11.6. The Morgan fingerprint density at radius 3 is 2.32 bits per heavy atom. The molecule has 104 valence electrons. The lowest BCUT2D eigenvalue weighted by Gasteiger charge is -2.19. The fourth-order valence-corrected chi connectivity index (χ4v) is 1.76. The number of aryl methyl sites for hydroxylation is 1. The van der Waals surface area contributed by atoms with Crippen LogP contribution in [-0.2, 0) is 20.7 Å². The number of ether oxygens (including phenoxy) is 1. The predicted molar refractivity (Wildman–Crippen MR) is 74.8 cm³/mol. The van der Waals surface area contributed by atoms with Crippen LogP contribution in [-0.4, -0.2) is 17.4 Å². The summed E-state index contributed by atoms with van der Waals surface area (Å²) >= 11 is 0. The van der Waals surface area contributed by atoms with Gasteiger partial charge in [-0.1, -0.05) is 30.3 Å². The van der Waals surface area contributed by atoms with Crippen LogP contribution in [0.3, 0.4) is 0 Å². The van der Waals surface area contributed by atoms with Crippen molar-refractivity contribution in [2.75, 3.05) is 0 Å². The number of carbonyl (C=O) groups is 2. The Bertz CT molecular complexity index is 415. The minimum absolute atomic E-state index is 0.0508. The lowest BCUT2D eigenvalue weighted by Crippen LogP contribution is -2.25. The van der Waals surface area contributed by atoms with E-state index in [0.717, 1.165) is 12.8 Å². The Hall–Kier alpha value is -1.64. The van der Waals surface area contributed by atoms with Crippen molar-refractivity contribution in [3.63, 3.8) is 0 Å². The number of carbonyl (C=O) groups excluding carboxylic acids is 2. The Kier molecular flexibility index (Phi) is 5.74. The second kappa shape index (κ2) is 7.07. The van der Waals surface area contributed by atoms with Gasteiger partial charge in [0.25, 0.3) is 0 Å². The summed E-state index contributed by atoms with van der Waals surface area (Å²) in [6, 6.07) is 10.0. The van der Waals surface area contributed by atoms with Crippen LogP contribution in [0.25, 0.3) is 0 Å². The summed E-state index contributed by atoms with van der Waals surface area (Å²) in [6.07, 6.45) is 1.94. The first-order valence-electron chi connectivity index (χ1n) is 6.64. The first kappa shape index (κ1) is 15.4. The molecule has 1 rings (SSSR count). The molecule has 0 aromatic heterocycles. The highest BCUT2D eigenvalue weighted by atomic mass is 16.6. The molecule has 0 unspecified atom stereocenters. The molecule has 0 aliphatic rings. The smallest absolute Gasteiger partial charge is 0.313 e. The van der Waals surface area contributed by atoms with E-state index in [1.807, 2.05) is 30.3 Å². The summed E-state index contributed by atoms with van der Waals surface area (Å²) in [5.74, 6) is -0.484. The Labute approximate surface area is 115 Å². The van der Waals surface area contributed by atoms with Gasteiger partial charge in [-0.15, -0.1) is 0 Å². The van der Waals surface area contributed by atoms with Gasteiger partial charge in [-0.25, -0.2) is 0 Å². The average molecular weight is 262 g/mol. The third-order valence-corrected chi connectivity index (χ3v) is 2.53. The molecule has 0 bridgehead atoms. The van der Waals surface area contributed by atoms with Crippen molar-refractivity contribution in [1.29, 1.82) is 0 Å². The quantitative estimate of drug-likeness (QED) is 0.583. The standard InChI is InChI=1S/C16H22O3/c1-16(2,3)19-15(18)12-14(17)11-7-10-13-8-5-4-6-9-13/h4-6,8-9H,7,10-12H2,1-3H3. The molecule has 19 heavy (non-hydrogen) atoms. The zero-order valence-corrected chi connectivity index (χ0v) is 11.9. The normalized spacial score (nSPS) is 11.1. The highest BCUT2D eigenvalue weighted by Crippen LogP contribution is 2.10. The van der Waals surface area contributed by atoms with Gasteiger partial charge < -0.3 is 4.74 Å². The molecule has 1 aromatic rings. The number of esters is 1. The summed E-state index contributed by atoms with van der Waals surface area (Å²) < 4.78 is 5.11. The van der Waals surface area contributed by atoms with Gasteiger partial charge in [0, 0.05) is 6.42 Å². The molecule has 0 saturated heterocycles. The van der Waals surface area contributed by atoms with Gasteiger partial charge in [0.1, 0.15) is 17.8 Å². The molecule has 0 N–H and O–H groups in total. The summed E-state index contributed by atoms with van der Waals surface area (Å²) in [7, 11) is 0. The maximum absolute atomic E-state index is 11.6. The minimum atomic E-state index is -0.526. The predicted octanol–water partition coefficient (Wildman–Crippen LogP) is 3.31. The molecular weight excluding hydrogens is 240 g/mol. The average Bonchev–Trinajstić information content (AvgIpc) is 2.27. The fourth-order valence-electron chi connectivity index (χ4n) is 1.76. The third-order valence-electron chi connectivity index (χ3n) is 2.53. The monoisotopic (exact) mass is 262 g/mol. The molecule has 0 spiro atoms. The fraction of sp³-hybridized carbons (Fsp3) is 0.500. The molecule has 0 fully saturated rings. The topological polar surface area (TPSA) is 43.4 Å². The first-order valence-corrected chi connectivity index (χ1v) is 6.64. The Balaban J connectivity index is 2.23. The lowest BCUT2D eigenvalue weighted by molar-refractivity contribution is -0.156. The van der Waals surface area contributed by atoms with Crippen molar-refractivity contribution >= 4 is 11.8 Å². The lowest BCUT2D eigenvalue weighted by atomic mass is 10.1. The second-order valence-corrected chi connectivity index (χ2v) is 5.64. The van der Waals surface area contributed by atoms with Gasteiger partial charge in [0.15, 0.2) is 0 Å². The third kappa shape index (κ3) is 7.39. The molecule has 0 radical (unpaired) electrons. The SMILES string of the molecule is CC(C)(C)OC(=O)CC(=O)CCCc1ccccc1. The highest BCUT2D eigenvalue weighted by molar-refractivity contribution is 5.95. The van der Waals surface area contributed by atoms with E-state index in [2.05, 4.69) is 0 Å². The number of hydrogen-bond donors (Lipinski definition) is 0. The van der Waals surface area contributed by atoms with Crippen LogP contribution in [0.2, 0.25) is 0 Å². The molecule has 1 aromatic carbocycles. The van der Waals surface area contributed by atoms with Crippen LogP contribution in [0.4, 0.5) is 0 Å². The molecule has 0 amide bonds. The maximum Gasteiger partial charge on any atom is 0.313 e. The van der Waals surface area contributed by atoms with Gasteiger partial charge in [0.2, 0.25) is 0 Å². The van der Waals surface area contributed by atoms with Gasteiger partial charge in [0.05, 0.1) is 0 Å². The molecule has 0 aliphatic carbocycles. The van der Waals surface area contributed by atoms with Crippen LogP contribution < -0.4 is 0 Å². The van der Waals surface area contributed by atoms with Crippen LogP contribution in [0.15, 0.2) is 30.3 Å². The molecule has 0 heterocycles. The number of benzene rings is 1. The first-order chi connectivity index (χ1) is 8.87.